The Bertz CT molecular complexity index is 544. The van der Waals surface area contributed by atoms with Gasteiger partial charge in [-0.25, -0.2) is 0 Å². The zero-order valence-corrected chi connectivity index (χ0v) is 9.28. The average Bonchev–Trinajstić information content (AvgIpc) is 2.30. The first-order valence-corrected chi connectivity index (χ1v) is 5.27. The number of aromatic nitrogens is 1. The summed E-state index contributed by atoms with van der Waals surface area (Å²) >= 11 is 6.08. The Morgan fingerprint density at radius 2 is 1.94 bits per heavy atom. The number of pyridine rings is 1. The fourth-order valence-electron chi connectivity index (χ4n) is 1.48. The van der Waals surface area contributed by atoms with E-state index in [0.717, 1.165) is 17.0 Å². The van der Waals surface area contributed by atoms with Gasteiger partial charge in [0.2, 0.25) is 0 Å². The summed E-state index contributed by atoms with van der Waals surface area (Å²) in [5.74, 6) is 0. The maximum absolute atomic E-state index is 8.62. The molecule has 0 radical (unpaired) electrons. The van der Waals surface area contributed by atoms with Crippen molar-refractivity contribution in [2.75, 3.05) is 0 Å². The van der Waals surface area contributed by atoms with Gasteiger partial charge >= 0.3 is 0 Å². The van der Waals surface area contributed by atoms with Gasteiger partial charge in [0.25, 0.3) is 0 Å². The van der Waals surface area contributed by atoms with E-state index >= 15 is 0 Å². The van der Waals surface area contributed by atoms with Crippen molar-refractivity contribution in [3.8, 4) is 17.3 Å². The Kier molecular flexibility index (Phi) is 3.19. The molecule has 3 heteroatoms. The van der Waals surface area contributed by atoms with Crippen LogP contribution in [0.2, 0.25) is 5.02 Å². The fourth-order valence-corrected chi connectivity index (χ4v) is 1.71. The molecule has 0 aliphatic rings. The SMILES string of the molecule is N#CCc1cccc(-c2ccccc2Cl)n1. The van der Waals surface area contributed by atoms with Crippen LogP contribution in [0.15, 0.2) is 42.5 Å². The van der Waals surface area contributed by atoms with Crippen molar-refractivity contribution < 1.29 is 0 Å². The van der Waals surface area contributed by atoms with E-state index in [2.05, 4.69) is 11.1 Å². The first-order chi connectivity index (χ1) is 7.81. The van der Waals surface area contributed by atoms with E-state index in [1.54, 1.807) is 0 Å². The number of hydrogen-bond donors (Lipinski definition) is 0. The third kappa shape index (κ3) is 2.21. The molecule has 0 atom stereocenters. The molecule has 0 saturated heterocycles. The van der Waals surface area contributed by atoms with E-state index in [1.165, 1.54) is 0 Å². The molecular weight excluding hydrogens is 220 g/mol. The largest absolute Gasteiger partial charge is 0.252 e. The summed E-state index contributed by atoms with van der Waals surface area (Å²) in [6, 6.07) is 15.2. The topological polar surface area (TPSA) is 36.7 Å². The van der Waals surface area contributed by atoms with E-state index in [-0.39, 0.29) is 0 Å². The van der Waals surface area contributed by atoms with Gasteiger partial charge < -0.3 is 0 Å². The minimum atomic E-state index is 0.318. The van der Waals surface area contributed by atoms with Crippen LogP contribution < -0.4 is 0 Å². The van der Waals surface area contributed by atoms with E-state index in [1.807, 2.05) is 42.5 Å². The van der Waals surface area contributed by atoms with Crippen molar-refractivity contribution in [2.45, 2.75) is 6.42 Å². The van der Waals surface area contributed by atoms with Crippen LogP contribution in [0.5, 0.6) is 0 Å². The minimum Gasteiger partial charge on any atom is -0.252 e. The molecule has 2 rings (SSSR count). The third-order valence-electron chi connectivity index (χ3n) is 2.22. The average molecular weight is 229 g/mol. The van der Waals surface area contributed by atoms with E-state index in [9.17, 15) is 0 Å². The van der Waals surface area contributed by atoms with E-state index < -0.39 is 0 Å². The second-order valence-electron chi connectivity index (χ2n) is 3.33. The van der Waals surface area contributed by atoms with Crippen LogP contribution in [0.3, 0.4) is 0 Å². The van der Waals surface area contributed by atoms with Gasteiger partial charge in [0, 0.05) is 10.6 Å². The van der Waals surface area contributed by atoms with Crippen molar-refractivity contribution in [1.29, 1.82) is 5.26 Å². The fraction of sp³-hybridized carbons (Fsp3) is 0.0769. The number of hydrogen-bond acceptors (Lipinski definition) is 2. The van der Waals surface area contributed by atoms with Gasteiger partial charge in [-0.05, 0) is 18.2 Å². The van der Waals surface area contributed by atoms with Gasteiger partial charge in [0.1, 0.15) is 0 Å². The Hall–Kier alpha value is -1.85. The minimum absolute atomic E-state index is 0.318. The van der Waals surface area contributed by atoms with Gasteiger partial charge in [0.05, 0.1) is 23.9 Å². The molecular formula is C13H9ClN2. The number of benzene rings is 1. The van der Waals surface area contributed by atoms with Gasteiger partial charge in [0.15, 0.2) is 0 Å². The van der Waals surface area contributed by atoms with E-state index in [0.29, 0.717) is 11.4 Å². The van der Waals surface area contributed by atoms with Crippen LogP contribution in [0.1, 0.15) is 5.69 Å². The van der Waals surface area contributed by atoms with Gasteiger partial charge in [-0.2, -0.15) is 5.26 Å². The molecule has 0 amide bonds. The lowest BCUT2D eigenvalue weighted by molar-refractivity contribution is 1.12. The van der Waals surface area contributed by atoms with Gasteiger partial charge in [-0.3, -0.25) is 4.98 Å². The van der Waals surface area contributed by atoms with Crippen LogP contribution in [0, 0.1) is 11.3 Å². The third-order valence-corrected chi connectivity index (χ3v) is 2.55. The molecule has 16 heavy (non-hydrogen) atoms. The molecule has 0 unspecified atom stereocenters. The summed E-state index contributed by atoms with van der Waals surface area (Å²) < 4.78 is 0. The molecule has 0 spiro atoms. The molecule has 78 valence electrons. The maximum atomic E-state index is 8.62. The second-order valence-corrected chi connectivity index (χ2v) is 3.74. The molecule has 1 aromatic carbocycles. The Balaban J connectivity index is 2.45. The highest BCUT2D eigenvalue weighted by molar-refractivity contribution is 6.33. The lowest BCUT2D eigenvalue weighted by atomic mass is 10.1. The molecule has 0 aliphatic heterocycles. The summed E-state index contributed by atoms with van der Waals surface area (Å²) in [6.07, 6.45) is 0.318. The first-order valence-electron chi connectivity index (χ1n) is 4.89. The van der Waals surface area contributed by atoms with Crippen molar-refractivity contribution in [1.82, 2.24) is 4.98 Å². The summed E-state index contributed by atoms with van der Waals surface area (Å²) in [4.78, 5) is 4.39. The molecule has 1 aromatic heterocycles. The van der Waals surface area contributed by atoms with Gasteiger partial charge in [-0.1, -0.05) is 35.9 Å². The van der Waals surface area contributed by atoms with Crippen LogP contribution in [0.4, 0.5) is 0 Å². The van der Waals surface area contributed by atoms with Crippen molar-refractivity contribution >= 4 is 11.6 Å². The Morgan fingerprint density at radius 3 is 2.69 bits per heavy atom. The lowest BCUT2D eigenvalue weighted by Crippen LogP contribution is -1.90. The molecule has 0 saturated carbocycles. The number of nitriles is 1. The summed E-state index contributed by atoms with van der Waals surface area (Å²) in [5.41, 5.74) is 2.46. The molecule has 1 heterocycles. The van der Waals surface area contributed by atoms with Crippen LogP contribution in [-0.2, 0) is 6.42 Å². The zero-order chi connectivity index (χ0) is 11.4. The number of halogens is 1. The van der Waals surface area contributed by atoms with Crippen LogP contribution in [0.25, 0.3) is 11.3 Å². The predicted octanol–water partition coefficient (Wildman–Crippen LogP) is 3.47. The highest BCUT2D eigenvalue weighted by Crippen LogP contribution is 2.25. The lowest BCUT2D eigenvalue weighted by Gasteiger charge is -2.04. The van der Waals surface area contributed by atoms with Crippen molar-refractivity contribution in [2.24, 2.45) is 0 Å². The predicted molar refractivity (Wildman–Crippen MR) is 64.0 cm³/mol. The number of rotatable bonds is 2. The highest BCUT2D eigenvalue weighted by Gasteiger charge is 2.04. The van der Waals surface area contributed by atoms with Crippen molar-refractivity contribution in [3.63, 3.8) is 0 Å². The smallest absolute Gasteiger partial charge is 0.0774 e. The molecule has 0 N–H and O–H groups in total. The summed E-state index contributed by atoms with van der Waals surface area (Å²) in [7, 11) is 0. The monoisotopic (exact) mass is 228 g/mol. The standard InChI is InChI=1S/C13H9ClN2/c14-12-6-2-1-5-11(12)13-7-3-4-10(16-13)8-9-15/h1-7H,8H2. The van der Waals surface area contributed by atoms with Crippen LogP contribution in [-0.4, -0.2) is 4.98 Å². The van der Waals surface area contributed by atoms with Crippen molar-refractivity contribution in [3.05, 3.63) is 53.2 Å². The maximum Gasteiger partial charge on any atom is 0.0774 e. The van der Waals surface area contributed by atoms with Crippen LogP contribution >= 0.6 is 11.6 Å². The van der Waals surface area contributed by atoms with Gasteiger partial charge in [-0.15, -0.1) is 0 Å². The first kappa shape index (κ1) is 10.7. The Morgan fingerprint density at radius 1 is 1.12 bits per heavy atom. The summed E-state index contributed by atoms with van der Waals surface area (Å²) in [5, 5.41) is 9.29. The second kappa shape index (κ2) is 4.78. The normalized spacial score (nSPS) is 9.75. The zero-order valence-electron chi connectivity index (χ0n) is 8.52. The highest BCUT2D eigenvalue weighted by atomic mass is 35.5. The molecule has 2 aromatic rings. The van der Waals surface area contributed by atoms with E-state index in [4.69, 9.17) is 16.9 Å². The Labute approximate surface area is 99.1 Å². The number of nitrogens with zero attached hydrogens (tertiary/aromatic N) is 2. The molecule has 0 fully saturated rings. The molecule has 0 aliphatic carbocycles. The molecule has 2 nitrogen and oxygen atoms in total. The summed E-state index contributed by atoms with van der Waals surface area (Å²) in [6.45, 7) is 0. The quantitative estimate of drug-likeness (QED) is 0.789. The molecule has 0 bridgehead atoms.